The van der Waals surface area contributed by atoms with Gasteiger partial charge in [-0.2, -0.15) is 15.0 Å². The van der Waals surface area contributed by atoms with Crippen molar-refractivity contribution in [3.63, 3.8) is 0 Å². The number of nitrogens with zero attached hydrogens (tertiary/aromatic N) is 3. The van der Waals surface area contributed by atoms with E-state index in [2.05, 4.69) is 25.6 Å². The van der Waals surface area contributed by atoms with Gasteiger partial charge in [-0.3, -0.25) is 0 Å². The monoisotopic (exact) mass is 394 g/mol. The van der Waals surface area contributed by atoms with Crippen molar-refractivity contribution in [1.82, 2.24) is 15.0 Å². The van der Waals surface area contributed by atoms with Crippen molar-refractivity contribution >= 4 is 17.5 Å². The summed E-state index contributed by atoms with van der Waals surface area (Å²) in [4.78, 5) is 12.0. The fourth-order valence-electron chi connectivity index (χ4n) is 2.87. The predicted octanol–water partition coefficient (Wildman–Crippen LogP) is 3.37. The predicted molar refractivity (Wildman–Crippen MR) is 88.4 cm³/mol. The standard InChI is InChI=1S/C16H20F5N5O/c1-7(2)22-13-24-12(9-3-4-16(20,21)11(27)10(9)17)25-14(26-13)23-8-5-15(18,19)6-8/h7-8,11,27H,3-6H2,1-2H3,(H2,22,23,24,25,26)/i11D. The van der Waals surface area contributed by atoms with E-state index in [0.29, 0.717) is 0 Å². The van der Waals surface area contributed by atoms with E-state index in [9.17, 15) is 27.1 Å². The van der Waals surface area contributed by atoms with Gasteiger partial charge < -0.3 is 15.7 Å². The number of allylic oxidation sites excluding steroid dienone is 1. The molecule has 27 heavy (non-hydrogen) atoms. The number of anilines is 2. The van der Waals surface area contributed by atoms with Crippen LogP contribution in [0.15, 0.2) is 5.83 Å². The van der Waals surface area contributed by atoms with Crippen molar-refractivity contribution in [2.75, 3.05) is 10.6 Å². The summed E-state index contributed by atoms with van der Waals surface area (Å²) in [5.74, 6) is -8.97. The number of hydrogen-bond acceptors (Lipinski definition) is 6. The Kier molecular flexibility index (Phi) is 4.65. The number of alkyl halides is 4. The van der Waals surface area contributed by atoms with Crippen LogP contribution < -0.4 is 10.6 Å². The van der Waals surface area contributed by atoms with Crippen LogP contribution in [0.3, 0.4) is 0 Å². The van der Waals surface area contributed by atoms with Gasteiger partial charge in [-0.15, -0.1) is 0 Å². The Hall–Kier alpha value is -2.04. The topological polar surface area (TPSA) is 83.0 Å². The number of aromatic nitrogens is 3. The van der Waals surface area contributed by atoms with E-state index in [4.69, 9.17) is 1.37 Å². The van der Waals surface area contributed by atoms with Crippen molar-refractivity contribution in [2.45, 2.75) is 69.5 Å². The second kappa shape index (κ2) is 6.84. The van der Waals surface area contributed by atoms with Crippen LogP contribution in [0.25, 0.3) is 5.57 Å². The molecule has 2 aliphatic rings. The van der Waals surface area contributed by atoms with Crippen molar-refractivity contribution in [2.24, 2.45) is 0 Å². The van der Waals surface area contributed by atoms with Crippen LogP contribution in [0.2, 0.25) is 0 Å². The van der Waals surface area contributed by atoms with Gasteiger partial charge >= 0.3 is 0 Å². The average Bonchev–Trinajstić information content (AvgIpc) is 2.50. The summed E-state index contributed by atoms with van der Waals surface area (Å²) in [6.45, 7) is 3.54. The summed E-state index contributed by atoms with van der Waals surface area (Å²) < 4.78 is 75.3. The van der Waals surface area contributed by atoms with Crippen LogP contribution in [0.4, 0.5) is 33.8 Å². The summed E-state index contributed by atoms with van der Waals surface area (Å²) in [5, 5.41) is 15.2. The molecule has 0 aromatic carbocycles. The smallest absolute Gasteiger partial charge is 0.280 e. The summed E-state index contributed by atoms with van der Waals surface area (Å²) in [5.41, 5.74) is -0.445. The van der Waals surface area contributed by atoms with E-state index in [-0.39, 0.29) is 23.8 Å². The Bertz CT molecular complexity index is 794. The lowest BCUT2D eigenvalue weighted by molar-refractivity contribution is -0.107. The van der Waals surface area contributed by atoms with Gasteiger partial charge in [-0.1, -0.05) is 0 Å². The highest BCUT2D eigenvalue weighted by molar-refractivity contribution is 5.66. The first-order chi connectivity index (χ1) is 12.8. The molecule has 1 saturated carbocycles. The van der Waals surface area contributed by atoms with Gasteiger partial charge in [0, 0.05) is 36.9 Å². The molecule has 1 aromatic heterocycles. The van der Waals surface area contributed by atoms with Crippen LogP contribution >= 0.6 is 0 Å². The Balaban J connectivity index is 1.97. The first kappa shape index (κ1) is 18.3. The Morgan fingerprint density at radius 3 is 2.37 bits per heavy atom. The molecule has 1 atom stereocenters. The molecule has 3 N–H and O–H groups in total. The second-order valence-electron chi connectivity index (χ2n) is 7.06. The maximum Gasteiger partial charge on any atom is 0.280 e. The van der Waals surface area contributed by atoms with E-state index in [1.807, 2.05) is 0 Å². The Morgan fingerprint density at radius 1 is 1.15 bits per heavy atom. The van der Waals surface area contributed by atoms with Gasteiger partial charge in [0.15, 0.2) is 11.9 Å². The third-order valence-electron chi connectivity index (χ3n) is 4.25. The maximum absolute atomic E-state index is 14.5. The third-order valence-corrected chi connectivity index (χ3v) is 4.25. The zero-order valence-corrected chi connectivity index (χ0v) is 14.7. The van der Waals surface area contributed by atoms with Crippen molar-refractivity contribution in [1.29, 1.82) is 0 Å². The molecular weight excluding hydrogens is 373 g/mol. The fraction of sp³-hybridized carbons (Fsp3) is 0.688. The lowest BCUT2D eigenvalue weighted by Gasteiger charge is -2.35. The third kappa shape index (κ3) is 4.28. The van der Waals surface area contributed by atoms with Gasteiger partial charge in [0.2, 0.25) is 11.9 Å². The number of aliphatic hydroxyl groups is 1. The molecule has 0 saturated heterocycles. The zero-order chi connectivity index (χ0) is 20.9. The molecule has 0 bridgehead atoms. The van der Waals surface area contributed by atoms with E-state index in [0.717, 1.165) is 0 Å². The van der Waals surface area contributed by atoms with E-state index >= 15 is 0 Å². The first-order valence-corrected chi connectivity index (χ1v) is 8.47. The minimum atomic E-state index is -3.97. The highest BCUT2D eigenvalue weighted by Gasteiger charge is 2.47. The van der Waals surface area contributed by atoms with Gasteiger partial charge in [0.25, 0.3) is 11.8 Å². The molecule has 6 nitrogen and oxygen atoms in total. The maximum atomic E-state index is 14.5. The van der Waals surface area contributed by atoms with Gasteiger partial charge in [-0.05, 0) is 20.3 Å². The van der Waals surface area contributed by atoms with Crippen LogP contribution in [0, 0.1) is 0 Å². The number of nitrogens with one attached hydrogen (secondary N) is 2. The molecular formula is C16H20F5N5O. The fourth-order valence-corrected chi connectivity index (χ4v) is 2.87. The van der Waals surface area contributed by atoms with E-state index in [1.165, 1.54) is 0 Å². The molecule has 0 aliphatic heterocycles. The first-order valence-electron chi connectivity index (χ1n) is 8.97. The van der Waals surface area contributed by atoms with E-state index in [1.54, 1.807) is 13.8 Å². The van der Waals surface area contributed by atoms with Crippen LogP contribution in [-0.4, -0.2) is 50.1 Å². The highest BCUT2D eigenvalue weighted by Crippen LogP contribution is 2.41. The van der Waals surface area contributed by atoms with Crippen molar-refractivity contribution < 1.29 is 28.4 Å². The zero-order valence-electron chi connectivity index (χ0n) is 15.7. The Labute approximate surface area is 153 Å². The summed E-state index contributed by atoms with van der Waals surface area (Å²) in [7, 11) is 0. The number of hydrogen-bond donors (Lipinski definition) is 3. The van der Waals surface area contributed by atoms with Crippen molar-refractivity contribution in [3.05, 3.63) is 11.7 Å². The van der Waals surface area contributed by atoms with Gasteiger partial charge in [0.1, 0.15) is 5.83 Å². The minimum absolute atomic E-state index is 0.0141. The molecule has 2 aliphatic carbocycles. The molecule has 1 unspecified atom stereocenters. The number of halogens is 5. The molecule has 0 spiro atoms. The lowest BCUT2D eigenvalue weighted by atomic mass is 9.88. The van der Waals surface area contributed by atoms with Crippen LogP contribution in [-0.2, 0) is 0 Å². The van der Waals surface area contributed by atoms with Crippen LogP contribution in [0.1, 0.15) is 46.7 Å². The summed E-state index contributed by atoms with van der Waals surface area (Å²) in [6, 6.07) is -0.737. The SMILES string of the molecule is [2H]C1(O)C(F)=C(c2nc(NC(C)C)nc(NC3CC(F)(F)C3)n2)CCC1(F)F. The van der Waals surface area contributed by atoms with Crippen LogP contribution in [0.5, 0.6) is 0 Å². The molecule has 1 aromatic rings. The molecule has 1 fully saturated rings. The molecule has 0 amide bonds. The average molecular weight is 394 g/mol. The quantitative estimate of drug-likeness (QED) is 0.665. The van der Waals surface area contributed by atoms with Gasteiger partial charge in [0.05, 0.1) is 1.37 Å². The normalized spacial score (nSPS) is 28.0. The minimum Gasteiger partial charge on any atom is -0.380 e. The van der Waals surface area contributed by atoms with E-state index < -0.39 is 61.1 Å². The van der Waals surface area contributed by atoms with Crippen molar-refractivity contribution in [3.8, 4) is 0 Å². The molecule has 3 rings (SSSR count). The summed E-state index contributed by atoms with van der Waals surface area (Å²) >= 11 is 0. The molecule has 1 heterocycles. The summed E-state index contributed by atoms with van der Waals surface area (Å²) in [6.07, 6.45) is -6.05. The lowest BCUT2D eigenvalue weighted by Crippen LogP contribution is -2.44. The largest absolute Gasteiger partial charge is 0.380 e. The highest BCUT2D eigenvalue weighted by atomic mass is 19.3. The molecule has 0 radical (unpaired) electrons. The molecule has 150 valence electrons. The van der Waals surface area contributed by atoms with Gasteiger partial charge in [-0.25, -0.2) is 22.0 Å². The molecule has 11 heteroatoms. The Morgan fingerprint density at radius 2 is 1.78 bits per heavy atom. The number of rotatable bonds is 5. The second-order valence-corrected chi connectivity index (χ2v) is 7.06.